The van der Waals surface area contributed by atoms with Crippen LogP contribution in [0.5, 0.6) is 0 Å². The van der Waals surface area contributed by atoms with E-state index < -0.39 is 18.2 Å². The lowest BCUT2D eigenvalue weighted by atomic mass is 10.0. The molecule has 1 aromatic rings. The summed E-state index contributed by atoms with van der Waals surface area (Å²) in [7, 11) is 0. The van der Waals surface area contributed by atoms with Crippen LogP contribution in [0, 0.1) is 0 Å². The van der Waals surface area contributed by atoms with Gasteiger partial charge in [-0.05, 0) is 12.0 Å². The molecule has 5 heteroatoms. The van der Waals surface area contributed by atoms with Crippen molar-refractivity contribution in [3.63, 3.8) is 0 Å². The maximum atomic E-state index is 11.1. The summed E-state index contributed by atoms with van der Waals surface area (Å²) in [6, 6.07) is 9.30. The predicted molar refractivity (Wildman–Crippen MR) is 59.6 cm³/mol. The second kappa shape index (κ2) is 4.86. The van der Waals surface area contributed by atoms with Crippen LogP contribution in [0.15, 0.2) is 30.3 Å². The van der Waals surface area contributed by atoms with Crippen LogP contribution in [0.3, 0.4) is 0 Å². The topological polar surface area (TPSA) is 75.6 Å². The number of amides is 1. The Kier molecular flexibility index (Phi) is 3.27. The van der Waals surface area contributed by atoms with Crippen LogP contribution in [0.1, 0.15) is 12.0 Å². The van der Waals surface area contributed by atoms with E-state index in [0.717, 1.165) is 5.56 Å². The molecule has 90 valence electrons. The second-order valence-corrected chi connectivity index (χ2v) is 3.98. The van der Waals surface area contributed by atoms with Crippen molar-refractivity contribution in [2.75, 3.05) is 0 Å². The van der Waals surface area contributed by atoms with Crippen molar-refractivity contribution in [2.45, 2.75) is 25.0 Å². The van der Waals surface area contributed by atoms with Gasteiger partial charge in [0.05, 0.1) is 12.5 Å². The van der Waals surface area contributed by atoms with E-state index in [1.54, 1.807) is 0 Å². The first-order chi connectivity index (χ1) is 8.15. The third kappa shape index (κ3) is 2.96. The zero-order valence-electron chi connectivity index (χ0n) is 9.13. The van der Waals surface area contributed by atoms with E-state index in [-0.39, 0.29) is 12.5 Å². The molecule has 0 spiro atoms. The molecule has 2 rings (SSSR count). The highest BCUT2D eigenvalue weighted by Crippen LogP contribution is 2.16. The summed E-state index contributed by atoms with van der Waals surface area (Å²) < 4.78 is 4.93. The number of carbonyl (C=O) groups excluding carboxylic acids is 1. The number of carboxylic acid groups (broad SMARTS) is 1. The summed E-state index contributed by atoms with van der Waals surface area (Å²) in [4.78, 5) is 21.8. The number of nitrogens with one attached hydrogen (secondary N) is 1. The van der Waals surface area contributed by atoms with Gasteiger partial charge in [-0.25, -0.2) is 4.79 Å². The molecular weight excluding hydrogens is 222 g/mol. The van der Waals surface area contributed by atoms with Crippen molar-refractivity contribution >= 4 is 12.1 Å². The van der Waals surface area contributed by atoms with Gasteiger partial charge >= 0.3 is 12.1 Å². The average Bonchev–Trinajstić information content (AvgIpc) is 2.59. The van der Waals surface area contributed by atoms with Gasteiger partial charge < -0.3 is 15.2 Å². The highest BCUT2D eigenvalue weighted by molar-refractivity contribution is 5.73. The molecule has 0 aromatic heterocycles. The zero-order chi connectivity index (χ0) is 12.3. The van der Waals surface area contributed by atoms with Crippen LogP contribution in [0.4, 0.5) is 4.79 Å². The minimum absolute atomic E-state index is 0.170. The Hall–Kier alpha value is -2.04. The van der Waals surface area contributed by atoms with Crippen LogP contribution in [0.25, 0.3) is 0 Å². The molecule has 1 aliphatic rings. The number of aliphatic carboxylic acids is 1. The van der Waals surface area contributed by atoms with E-state index >= 15 is 0 Å². The first-order valence-corrected chi connectivity index (χ1v) is 5.38. The first-order valence-electron chi connectivity index (χ1n) is 5.38. The molecule has 2 unspecified atom stereocenters. The predicted octanol–water partition coefficient (Wildman–Crippen LogP) is 1.18. The van der Waals surface area contributed by atoms with Gasteiger partial charge in [-0.2, -0.15) is 0 Å². The smallest absolute Gasteiger partial charge is 0.407 e. The molecular formula is C12H13NO4. The van der Waals surface area contributed by atoms with Gasteiger partial charge in [-0.1, -0.05) is 30.3 Å². The fraction of sp³-hybridized carbons (Fsp3) is 0.333. The molecule has 17 heavy (non-hydrogen) atoms. The van der Waals surface area contributed by atoms with Gasteiger partial charge in [-0.3, -0.25) is 4.79 Å². The van der Waals surface area contributed by atoms with Crippen molar-refractivity contribution in [2.24, 2.45) is 0 Å². The Morgan fingerprint density at radius 2 is 2.06 bits per heavy atom. The molecule has 1 aromatic carbocycles. The number of benzene rings is 1. The van der Waals surface area contributed by atoms with Crippen molar-refractivity contribution < 1.29 is 19.4 Å². The van der Waals surface area contributed by atoms with E-state index in [0.29, 0.717) is 6.42 Å². The minimum atomic E-state index is -0.968. The quantitative estimate of drug-likeness (QED) is 0.821. The van der Waals surface area contributed by atoms with Crippen LogP contribution in [-0.4, -0.2) is 29.3 Å². The van der Waals surface area contributed by atoms with E-state index in [2.05, 4.69) is 5.32 Å². The Labute approximate surface area is 98.4 Å². The van der Waals surface area contributed by atoms with Crippen LogP contribution in [-0.2, 0) is 16.0 Å². The van der Waals surface area contributed by atoms with Gasteiger partial charge in [0, 0.05) is 0 Å². The SMILES string of the molecule is O=C(O)CC1OC(=O)NC1Cc1ccccc1. The van der Waals surface area contributed by atoms with E-state index in [9.17, 15) is 9.59 Å². The molecule has 1 heterocycles. The van der Waals surface area contributed by atoms with Crippen LogP contribution in [0.2, 0.25) is 0 Å². The Balaban J connectivity index is 2.03. The van der Waals surface area contributed by atoms with Crippen LogP contribution < -0.4 is 5.32 Å². The maximum Gasteiger partial charge on any atom is 0.407 e. The van der Waals surface area contributed by atoms with Crippen LogP contribution >= 0.6 is 0 Å². The number of ether oxygens (including phenoxy) is 1. The van der Waals surface area contributed by atoms with Gasteiger partial charge in [0.25, 0.3) is 0 Å². The number of carboxylic acids is 1. The molecule has 2 N–H and O–H groups in total. The molecule has 1 amide bonds. The molecule has 5 nitrogen and oxygen atoms in total. The fourth-order valence-electron chi connectivity index (χ4n) is 1.90. The van der Waals surface area contributed by atoms with Gasteiger partial charge in [0.15, 0.2) is 0 Å². The zero-order valence-corrected chi connectivity index (χ0v) is 9.13. The molecule has 2 atom stereocenters. The van der Waals surface area contributed by atoms with Crippen molar-refractivity contribution in [3.05, 3.63) is 35.9 Å². The standard InChI is InChI=1S/C12H13NO4/c14-11(15)7-10-9(13-12(16)17-10)6-8-4-2-1-3-5-8/h1-5,9-10H,6-7H2,(H,13,16)(H,14,15). The number of cyclic esters (lactones) is 1. The number of rotatable bonds is 4. The minimum Gasteiger partial charge on any atom is -0.481 e. The van der Waals surface area contributed by atoms with Gasteiger partial charge in [-0.15, -0.1) is 0 Å². The number of hydrogen-bond donors (Lipinski definition) is 2. The first kappa shape index (κ1) is 11.4. The highest BCUT2D eigenvalue weighted by atomic mass is 16.6. The Bertz CT molecular complexity index is 418. The molecule has 0 saturated carbocycles. The van der Waals surface area contributed by atoms with E-state index in [1.807, 2.05) is 30.3 Å². The lowest BCUT2D eigenvalue weighted by Crippen LogP contribution is -2.34. The summed E-state index contributed by atoms with van der Waals surface area (Å²) in [6.45, 7) is 0. The van der Waals surface area contributed by atoms with E-state index in [4.69, 9.17) is 9.84 Å². The fourth-order valence-corrected chi connectivity index (χ4v) is 1.90. The van der Waals surface area contributed by atoms with Crippen molar-refractivity contribution in [1.82, 2.24) is 5.32 Å². The lowest BCUT2D eigenvalue weighted by molar-refractivity contribution is -0.139. The van der Waals surface area contributed by atoms with Crippen molar-refractivity contribution in [1.29, 1.82) is 0 Å². The van der Waals surface area contributed by atoms with Crippen molar-refractivity contribution in [3.8, 4) is 0 Å². The van der Waals surface area contributed by atoms with Gasteiger partial charge in [0.1, 0.15) is 6.10 Å². The normalized spacial score (nSPS) is 22.9. The highest BCUT2D eigenvalue weighted by Gasteiger charge is 2.35. The summed E-state index contributed by atoms with van der Waals surface area (Å²) in [5.41, 5.74) is 1.04. The molecule has 1 aliphatic heterocycles. The largest absolute Gasteiger partial charge is 0.481 e. The average molecular weight is 235 g/mol. The van der Waals surface area contributed by atoms with E-state index in [1.165, 1.54) is 0 Å². The summed E-state index contributed by atoms with van der Waals surface area (Å²) in [6.07, 6.45) is -0.738. The third-order valence-electron chi connectivity index (χ3n) is 2.68. The maximum absolute atomic E-state index is 11.1. The molecule has 0 radical (unpaired) electrons. The molecule has 0 bridgehead atoms. The Morgan fingerprint density at radius 3 is 2.71 bits per heavy atom. The summed E-state index contributed by atoms with van der Waals surface area (Å²) >= 11 is 0. The summed E-state index contributed by atoms with van der Waals surface area (Å²) in [5.74, 6) is -0.968. The number of carbonyl (C=O) groups is 2. The lowest BCUT2D eigenvalue weighted by Gasteiger charge is -2.14. The number of hydrogen-bond acceptors (Lipinski definition) is 3. The monoisotopic (exact) mass is 235 g/mol. The third-order valence-corrected chi connectivity index (χ3v) is 2.68. The number of alkyl carbamates (subject to hydrolysis) is 1. The van der Waals surface area contributed by atoms with Gasteiger partial charge in [0.2, 0.25) is 0 Å². The molecule has 1 fully saturated rings. The second-order valence-electron chi connectivity index (χ2n) is 3.98. The Morgan fingerprint density at radius 1 is 1.35 bits per heavy atom. The summed E-state index contributed by atoms with van der Waals surface area (Å²) in [5, 5.41) is 11.4. The molecule has 1 saturated heterocycles. The molecule has 0 aliphatic carbocycles.